The number of likely N-dealkylation sites (tertiary alicyclic amines) is 1. The molecule has 0 unspecified atom stereocenters. The Morgan fingerprint density at radius 2 is 1.69 bits per heavy atom. The van der Waals surface area contributed by atoms with E-state index in [9.17, 15) is 5.11 Å². The van der Waals surface area contributed by atoms with Gasteiger partial charge in [-0.15, -0.1) is 0 Å². The van der Waals surface area contributed by atoms with E-state index in [-0.39, 0.29) is 5.75 Å². The average molecular weight is 463 g/mol. The molecule has 6 rings (SSSR count). The molecule has 5 aromatic rings. The van der Waals surface area contributed by atoms with Gasteiger partial charge in [0, 0.05) is 42.7 Å². The summed E-state index contributed by atoms with van der Waals surface area (Å²) < 4.78 is 1.77. The Morgan fingerprint density at radius 1 is 0.857 bits per heavy atom. The number of aromatic hydroxyl groups is 1. The summed E-state index contributed by atoms with van der Waals surface area (Å²) in [6.07, 6.45) is 1.91. The van der Waals surface area contributed by atoms with Gasteiger partial charge < -0.3 is 10.0 Å². The molecule has 3 aromatic heterocycles. The maximum Gasteiger partial charge on any atom is 0.123 e. The first-order chi connectivity index (χ1) is 17.1. The second kappa shape index (κ2) is 8.60. The van der Waals surface area contributed by atoms with Crippen molar-refractivity contribution in [3.63, 3.8) is 0 Å². The molecule has 7 heteroatoms. The van der Waals surface area contributed by atoms with Gasteiger partial charge in [0.1, 0.15) is 16.8 Å². The zero-order valence-corrected chi connectivity index (χ0v) is 19.8. The normalized spacial score (nSPS) is 14.3. The Morgan fingerprint density at radius 3 is 2.46 bits per heavy atom. The molecular weight excluding hydrogens is 436 g/mol. The summed E-state index contributed by atoms with van der Waals surface area (Å²) >= 11 is 0. The largest absolute Gasteiger partial charge is 0.507 e. The molecule has 1 aliphatic rings. The predicted molar refractivity (Wildman–Crippen MR) is 137 cm³/mol. The van der Waals surface area contributed by atoms with Gasteiger partial charge in [0.15, 0.2) is 0 Å². The number of hydrogen-bond acceptors (Lipinski definition) is 6. The average Bonchev–Trinajstić information content (AvgIpc) is 3.23. The Labute approximate surface area is 203 Å². The molecule has 0 spiro atoms. The number of pyridine rings is 1. The van der Waals surface area contributed by atoms with Crippen LogP contribution in [0.1, 0.15) is 18.5 Å². The zero-order chi connectivity index (χ0) is 23.9. The minimum atomic E-state index is 0.222. The molecule has 0 saturated carbocycles. The van der Waals surface area contributed by atoms with Gasteiger partial charge in [-0.1, -0.05) is 37.3 Å². The molecule has 0 bridgehead atoms. The smallest absolute Gasteiger partial charge is 0.123 e. The van der Waals surface area contributed by atoms with Crippen molar-refractivity contribution < 1.29 is 5.11 Å². The van der Waals surface area contributed by atoms with Gasteiger partial charge in [0.2, 0.25) is 0 Å². The summed E-state index contributed by atoms with van der Waals surface area (Å²) in [4.78, 5) is 7.20. The third-order valence-electron chi connectivity index (χ3n) is 6.77. The first-order valence-corrected chi connectivity index (χ1v) is 11.9. The predicted octanol–water partition coefficient (Wildman–Crippen LogP) is 4.88. The third kappa shape index (κ3) is 3.94. The number of hydrogen-bond donors (Lipinski definition) is 1. The Kier molecular flexibility index (Phi) is 5.26. The van der Waals surface area contributed by atoms with Crippen molar-refractivity contribution in [3.8, 4) is 39.4 Å². The fourth-order valence-corrected chi connectivity index (χ4v) is 4.75. The van der Waals surface area contributed by atoms with Crippen LogP contribution < -0.4 is 0 Å². The molecule has 1 aliphatic heterocycles. The number of benzene rings is 2. The van der Waals surface area contributed by atoms with E-state index in [1.54, 1.807) is 10.7 Å². The van der Waals surface area contributed by atoms with Crippen molar-refractivity contribution in [2.45, 2.75) is 12.8 Å². The number of likely N-dealkylation sites (N-methyl/N-ethyl adjacent to an activating group) is 1. The van der Waals surface area contributed by atoms with Crippen molar-refractivity contribution in [2.75, 3.05) is 19.6 Å². The van der Waals surface area contributed by atoms with Crippen molar-refractivity contribution in [3.05, 3.63) is 78.6 Å². The van der Waals surface area contributed by atoms with E-state index in [2.05, 4.69) is 39.3 Å². The first-order valence-electron chi connectivity index (χ1n) is 11.9. The van der Waals surface area contributed by atoms with E-state index in [1.165, 1.54) is 0 Å². The van der Waals surface area contributed by atoms with Gasteiger partial charge in [-0.2, -0.15) is 15.3 Å². The van der Waals surface area contributed by atoms with E-state index in [4.69, 9.17) is 4.98 Å². The van der Waals surface area contributed by atoms with Gasteiger partial charge >= 0.3 is 0 Å². The van der Waals surface area contributed by atoms with Crippen LogP contribution in [-0.4, -0.2) is 54.6 Å². The molecule has 4 heterocycles. The molecule has 7 nitrogen and oxygen atoms in total. The Balaban J connectivity index is 1.42. The lowest BCUT2D eigenvalue weighted by Gasteiger charge is -2.37. The number of phenolic OH excluding ortho intramolecular Hbond substituents is 1. The second-order valence-corrected chi connectivity index (χ2v) is 9.07. The van der Waals surface area contributed by atoms with Gasteiger partial charge in [0.05, 0.1) is 23.3 Å². The zero-order valence-electron chi connectivity index (χ0n) is 19.8. The summed E-state index contributed by atoms with van der Waals surface area (Å²) in [5.41, 5.74) is 7.87. The lowest BCUT2D eigenvalue weighted by atomic mass is 9.93. The highest BCUT2D eigenvalue weighted by Gasteiger charge is 2.28. The fraction of sp³-hybridized carbons (Fsp3) is 0.214. The molecule has 174 valence electrons. The maximum absolute atomic E-state index is 10.7. The van der Waals surface area contributed by atoms with Crippen LogP contribution in [-0.2, 0) is 7.05 Å². The van der Waals surface area contributed by atoms with Crippen LogP contribution in [0.5, 0.6) is 5.75 Å². The van der Waals surface area contributed by atoms with Crippen molar-refractivity contribution >= 4 is 11.0 Å². The molecule has 1 N–H and O–H groups in total. The van der Waals surface area contributed by atoms with Crippen molar-refractivity contribution in [1.29, 1.82) is 0 Å². The lowest BCUT2D eigenvalue weighted by molar-refractivity contribution is 0.154. The number of rotatable bonds is 5. The lowest BCUT2D eigenvalue weighted by Crippen LogP contribution is -2.44. The molecule has 0 radical (unpaired) electrons. The summed E-state index contributed by atoms with van der Waals surface area (Å²) in [6.45, 7) is 5.33. The van der Waals surface area contributed by atoms with Crippen LogP contribution in [0, 0.1) is 0 Å². The van der Waals surface area contributed by atoms with Crippen LogP contribution >= 0.6 is 0 Å². The Hall–Kier alpha value is -4.10. The molecule has 1 fully saturated rings. The van der Waals surface area contributed by atoms with Crippen molar-refractivity contribution in [2.24, 2.45) is 7.05 Å². The van der Waals surface area contributed by atoms with Gasteiger partial charge in [0.25, 0.3) is 0 Å². The number of aryl methyl sites for hydroxylation is 1. The SMILES string of the molecule is CCN1CC(c2ccc(-c3ccc(-c4ccc5nn(C)cc5n4)cc3-c3ccccc3O)nn2)C1. The Bertz CT molecular complexity index is 1520. The fourth-order valence-electron chi connectivity index (χ4n) is 4.75. The summed E-state index contributed by atoms with van der Waals surface area (Å²) in [5, 5.41) is 24.2. The highest BCUT2D eigenvalue weighted by Crippen LogP contribution is 2.39. The van der Waals surface area contributed by atoms with E-state index in [0.717, 1.165) is 70.0 Å². The molecule has 1 saturated heterocycles. The van der Waals surface area contributed by atoms with Crippen LogP contribution in [0.3, 0.4) is 0 Å². The molecule has 2 aromatic carbocycles. The number of nitrogens with zero attached hydrogens (tertiary/aromatic N) is 6. The van der Waals surface area contributed by atoms with E-state index in [1.807, 2.05) is 61.8 Å². The molecular formula is C28H26N6O. The number of phenols is 1. The van der Waals surface area contributed by atoms with Crippen LogP contribution in [0.2, 0.25) is 0 Å². The molecule has 0 atom stereocenters. The second-order valence-electron chi connectivity index (χ2n) is 9.07. The van der Waals surface area contributed by atoms with Gasteiger partial charge in [-0.05, 0) is 48.5 Å². The van der Waals surface area contributed by atoms with Gasteiger partial charge in [-0.25, -0.2) is 4.98 Å². The van der Waals surface area contributed by atoms with Crippen LogP contribution in [0.15, 0.2) is 72.9 Å². The molecule has 0 amide bonds. The standard InChI is InChI=1S/C28H26N6O/c1-3-34-15-19(16-34)24-11-12-25(31-30-24)20-9-8-18(14-22(20)21-6-4-5-7-28(21)35)23-10-13-26-27(29-23)17-33(2)32-26/h4-14,17,19,35H,3,15-16H2,1-2H3. The number of fused-ring (bicyclic) bond motifs is 1. The van der Waals surface area contributed by atoms with Gasteiger partial charge in [-0.3, -0.25) is 4.68 Å². The maximum atomic E-state index is 10.7. The third-order valence-corrected chi connectivity index (χ3v) is 6.77. The van der Waals surface area contributed by atoms with Crippen LogP contribution in [0.25, 0.3) is 44.7 Å². The van der Waals surface area contributed by atoms with E-state index >= 15 is 0 Å². The molecule has 35 heavy (non-hydrogen) atoms. The summed E-state index contributed by atoms with van der Waals surface area (Å²) in [7, 11) is 1.89. The first kappa shape index (κ1) is 21.4. The number of aromatic nitrogens is 5. The quantitative estimate of drug-likeness (QED) is 0.401. The monoisotopic (exact) mass is 462 g/mol. The van der Waals surface area contributed by atoms with Crippen molar-refractivity contribution in [1.82, 2.24) is 29.9 Å². The highest BCUT2D eigenvalue weighted by molar-refractivity contribution is 5.88. The van der Waals surface area contributed by atoms with E-state index < -0.39 is 0 Å². The topological polar surface area (TPSA) is 80.0 Å². The summed E-state index contributed by atoms with van der Waals surface area (Å²) in [5.74, 6) is 0.672. The van der Waals surface area contributed by atoms with Crippen LogP contribution in [0.4, 0.5) is 0 Å². The highest BCUT2D eigenvalue weighted by atomic mass is 16.3. The molecule has 0 aliphatic carbocycles. The number of para-hydroxylation sites is 1. The minimum Gasteiger partial charge on any atom is -0.507 e. The minimum absolute atomic E-state index is 0.222. The summed E-state index contributed by atoms with van der Waals surface area (Å²) in [6, 6.07) is 21.6. The van der Waals surface area contributed by atoms with E-state index in [0.29, 0.717) is 5.92 Å².